The highest BCUT2D eigenvalue weighted by molar-refractivity contribution is 5.78. The van der Waals surface area contributed by atoms with Gasteiger partial charge in [0.05, 0.1) is 25.8 Å². The third-order valence-electron chi connectivity index (χ3n) is 4.72. The zero-order valence-electron chi connectivity index (χ0n) is 16.5. The Balaban J connectivity index is 1.36. The average Bonchev–Trinajstić information content (AvgIpc) is 3.27. The molecule has 7 nitrogen and oxygen atoms in total. The molecule has 0 bridgehead atoms. The number of hydrogen-bond acceptors (Lipinski definition) is 5. The minimum Gasteiger partial charge on any atom is -0.497 e. The summed E-state index contributed by atoms with van der Waals surface area (Å²) >= 11 is 0. The number of carbonyl (C=O) groups excluding carboxylic acids is 1. The summed E-state index contributed by atoms with van der Waals surface area (Å²) < 4.78 is 6.76. The number of amides is 1. The maximum atomic E-state index is 12.4. The average molecular weight is 399 g/mol. The Morgan fingerprint density at radius 1 is 0.933 bits per heavy atom. The van der Waals surface area contributed by atoms with Gasteiger partial charge in [0, 0.05) is 0 Å². The smallest absolute Gasteiger partial charge is 0.224 e. The predicted octanol–water partition coefficient (Wildman–Crippen LogP) is 3.20. The van der Waals surface area contributed by atoms with Crippen LogP contribution in [0, 0.1) is 0 Å². The molecule has 7 heteroatoms. The first-order valence-electron chi connectivity index (χ1n) is 9.55. The molecular weight excluding hydrogens is 378 g/mol. The molecule has 0 spiro atoms. The SMILES string of the molecule is COc1ccc(-n2nnnc2CNC(=O)Cc2ccc(-c3ccccc3)cc2)cc1. The maximum absolute atomic E-state index is 12.4. The summed E-state index contributed by atoms with van der Waals surface area (Å²) in [5, 5.41) is 14.6. The van der Waals surface area contributed by atoms with Crippen LogP contribution >= 0.6 is 0 Å². The van der Waals surface area contributed by atoms with E-state index >= 15 is 0 Å². The van der Waals surface area contributed by atoms with Gasteiger partial charge in [-0.25, -0.2) is 0 Å². The van der Waals surface area contributed by atoms with Crippen molar-refractivity contribution in [2.24, 2.45) is 0 Å². The first kappa shape index (κ1) is 19.3. The number of tetrazole rings is 1. The van der Waals surface area contributed by atoms with Crippen molar-refractivity contribution in [3.63, 3.8) is 0 Å². The largest absolute Gasteiger partial charge is 0.497 e. The molecule has 30 heavy (non-hydrogen) atoms. The van der Waals surface area contributed by atoms with Gasteiger partial charge in [0.25, 0.3) is 0 Å². The van der Waals surface area contributed by atoms with Crippen molar-refractivity contribution in [3.05, 3.63) is 90.3 Å². The van der Waals surface area contributed by atoms with Gasteiger partial charge in [0.15, 0.2) is 5.82 Å². The molecule has 0 radical (unpaired) electrons. The Labute approximate surface area is 174 Å². The number of rotatable bonds is 7. The molecule has 0 aliphatic carbocycles. The quantitative estimate of drug-likeness (QED) is 0.516. The van der Waals surface area contributed by atoms with Crippen LogP contribution in [0.25, 0.3) is 16.8 Å². The lowest BCUT2D eigenvalue weighted by Gasteiger charge is -2.08. The standard InChI is InChI=1S/C23H21N5O2/c1-30-21-13-11-20(12-14-21)28-22(25-26-27-28)16-24-23(29)15-17-7-9-19(10-8-17)18-5-3-2-4-6-18/h2-14H,15-16H2,1H3,(H,24,29). The van der Waals surface area contributed by atoms with E-state index in [9.17, 15) is 4.79 Å². The van der Waals surface area contributed by atoms with Crippen LogP contribution in [-0.4, -0.2) is 33.2 Å². The highest BCUT2D eigenvalue weighted by Gasteiger charge is 2.11. The molecule has 150 valence electrons. The van der Waals surface area contributed by atoms with Gasteiger partial charge >= 0.3 is 0 Å². The third-order valence-corrected chi connectivity index (χ3v) is 4.72. The number of hydrogen-bond donors (Lipinski definition) is 1. The second-order valence-corrected chi connectivity index (χ2v) is 6.72. The molecule has 3 aromatic carbocycles. The van der Waals surface area contributed by atoms with Crippen LogP contribution in [0.1, 0.15) is 11.4 Å². The van der Waals surface area contributed by atoms with Gasteiger partial charge in [-0.05, 0) is 51.4 Å². The van der Waals surface area contributed by atoms with E-state index in [1.165, 1.54) is 0 Å². The van der Waals surface area contributed by atoms with Crippen molar-refractivity contribution in [1.29, 1.82) is 0 Å². The minimum absolute atomic E-state index is 0.0910. The molecule has 0 aliphatic heterocycles. The van der Waals surface area contributed by atoms with Gasteiger partial charge in [-0.1, -0.05) is 54.6 Å². The fourth-order valence-electron chi connectivity index (χ4n) is 3.11. The highest BCUT2D eigenvalue weighted by atomic mass is 16.5. The van der Waals surface area contributed by atoms with Gasteiger partial charge in [0.2, 0.25) is 5.91 Å². The molecule has 0 saturated heterocycles. The van der Waals surface area contributed by atoms with E-state index in [4.69, 9.17) is 4.74 Å². The van der Waals surface area contributed by atoms with Crippen LogP contribution < -0.4 is 10.1 Å². The monoisotopic (exact) mass is 399 g/mol. The first-order valence-corrected chi connectivity index (χ1v) is 9.55. The Morgan fingerprint density at radius 2 is 1.63 bits per heavy atom. The lowest BCUT2D eigenvalue weighted by Crippen LogP contribution is -2.26. The van der Waals surface area contributed by atoms with Crippen LogP contribution in [0.4, 0.5) is 0 Å². The summed E-state index contributed by atoms with van der Waals surface area (Å²) in [6.07, 6.45) is 0.291. The van der Waals surface area contributed by atoms with Gasteiger partial charge in [-0.3, -0.25) is 4.79 Å². The lowest BCUT2D eigenvalue weighted by atomic mass is 10.0. The first-order chi connectivity index (χ1) is 14.7. The van der Waals surface area contributed by atoms with E-state index in [1.54, 1.807) is 11.8 Å². The Hall–Kier alpha value is -4.00. The van der Waals surface area contributed by atoms with Gasteiger partial charge in [-0.2, -0.15) is 4.68 Å². The van der Waals surface area contributed by atoms with Crippen molar-refractivity contribution in [2.45, 2.75) is 13.0 Å². The third kappa shape index (κ3) is 4.52. The molecular formula is C23H21N5O2. The van der Waals surface area contributed by atoms with Crippen LogP contribution in [0.2, 0.25) is 0 Å². The van der Waals surface area contributed by atoms with Crippen molar-refractivity contribution < 1.29 is 9.53 Å². The number of ether oxygens (including phenoxy) is 1. The molecule has 4 aromatic rings. The molecule has 0 fully saturated rings. The normalized spacial score (nSPS) is 10.6. The summed E-state index contributed by atoms with van der Waals surface area (Å²) in [6.45, 7) is 0.236. The van der Waals surface area contributed by atoms with E-state index < -0.39 is 0 Å². The zero-order valence-corrected chi connectivity index (χ0v) is 16.5. The minimum atomic E-state index is -0.0910. The predicted molar refractivity (Wildman–Crippen MR) is 113 cm³/mol. The molecule has 1 amide bonds. The molecule has 4 rings (SSSR count). The van der Waals surface area contributed by atoms with Crippen LogP contribution in [-0.2, 0) is 17.8 Å². The van der Waals surface area contributed by atoms with Crippen LogP contribution in [0.15, 0.2) is 78.9 Å². The van der Waals surface area contributed by atoms with Crippen molar-refractivity contribution >= 4 is 5.91 Å². The fraction of sp³-hybridized carbons (Fsp3) is 0.130. The van der Waals surface area contributed by atoms with Gasteiger partial charge < -0.3 is 10.1 Å². The van der Waals surface area contributed by atoms with E-state index in [1.807, 2.05) is 66.7 Å². The second kappa shape index (κ2) is 9.00. The Bertz CT molecular complexity index is 1110. The van der Waals surface area contributed by atoms with E-state index in [0.29, 0.717) is 12.2 Å². The molecule has 1 aromatic heterocycles. The van der Waals surface area contributed by atoms with E-state index in [2.05, 4.69) is 33.0 Å². The van der Waals surface area contributed by atoms with Gasteiger partial charge in [0.1, 0.15) is 5.75 Å². The molecule has 1 N–H and O–H groups in total. The molecule has 0 unspecified atom stereocenters. The lowest BCUT2D eigenvalue weighted by molar-refractivity contribution is -0.120. The second-order valence-electron chi connectivity index (χ2n) is 6.72. The van der Waals surface area contributed by atoms with E-state index in [-0.39, 0.29) is 12.5 Å². The summed E-state index contributed by atoms with van der Waals surface area (Å²) in [7, 11) is 1.61. The van der Waals surface area contributed by atoms with Crippen LogP contribution in [0.3, 0.4) is 0 Å². The molecule has 0 aliphatic rings. The summed E-state index contributed by atoms with van der Waals surface area (Å²) in [5.74, 6) is 1.21. The summed E-state index contributed by atoms with van der Waals surface area (Å²) in [5.41, 5.74) is 4.01. The summed E-state index contributed by atoms with van der Waals surface area (Å²) in [6, 6.07) is 25.5. The number of methoxy groups -OCH3 is 1. The number of nitrogens with zero attached hydrogens (tertiary/aromatic N) is 4. The number of nitrogens with one attached hydrogen (secondary N) is 1. The fourth-order valence-corrected chi connectivity index (χ4v) is 3.11. The van der Waals surface area contributed by atoms with E-state index in [0.717, 1.165) is 28.1 Å². The highest BCUT2D eigenvalue weighted by Crippen LogP contribution is 2.19. The zero-order chi connectivity index (χ0) is 20.8. The topological polar surface area (TPSA) is 81.9 Å². The summed E-state index contributed by atoms with van der Waals surface area (Å²) in [4.78, 5) is 12.4. The number of benzene rings is 3. The maximum Gasteiger partial charge on any atom is 0.224 e. The van der Waals surface area contributed by atoms with Crippen molar-refractivity contribution in [3.8, 4) is 22.6 Å². The molecule has 0 atom stereocenters. The Kier molecular flexibility index (Phi) is 5.80. The number of aromatic nitrogens is 4. The van der Waals surface area contributed by atoms with Crippen molar-refractivity contribution in [2.75, 3.05) is 7.11 Å². The molecule has 0 saturated carbocycles. The van der Waals surface area contributed by atoms with Crippen molar-refractivity contribution in [1.82, 2.24) is 25.5 Å². The molecule has 1 heterocycles. The number of carbonyl (C=O) groups is 1. The Morgan fingerprint density at radius 3 is 2.33 bits per heavy atom. The van der Waals surface area contributed by atoms with Crippen LogP contribution in [0.5, 0.6) is 5.75 Å². The van der Waals surface area contributed by atoms with Gasteiger partial charge in [-0.15, -0.1) is 5.10 Å².